The van der Waals surface area contributed by atoms with Gasteiger partial charge in [0.15, 0.2) is 0 Å². The minimum atomic E-state index is -0.721. The summed E-state index contributed by atoms with van der Waals surface area (Å²) in [6, 6.07) is 13.2. The Kier molecular flexibility index (Phi) is 4.83. The van der Waals surface area contributed by atoms with Crippen LogP contribution in [0.25, 0.3) is 0 Å². The number of thiophene rings is 1. The highest BCUT2D eigenvalue weighted by molar-refractivity contribution is 7.12. The van der Waals surface area contributed by atoms with E-state index in [4.69, 9.17) is 5.73 Å². The Hall–Kier alpha value is -3.19. The van der Waals surface area contributed by atoms with Crippen molar-refractivity contribution in [1.82, 2.24) is 9.47 Å². The van der Waals surface area contributed by atoms with Gasteiger partial charge in [-0.25, -0.2) is 0 Å². The molecule has 0 fully saturated rings. The summed E-state index contributed by atoms with van der Waals surface area (Å²) >= 11 is 1.40. The number of pyridine rings is 1. The van der Waals surface area contributed by atoms with Crippen LogP contribution in [0.15, 0.2) is 58.8 Å². The molecule has 0 saturated carbocycles. The Morgan fingerprint density at radius 1 is 1.11 bits per heavy atom. The van der Waals surface area contributed by atoms with Crippen molar-refractivity contribution in [3.8, 4) is 0 Å². The van der Waals surface area contributed by atoms with Crippen molar-refractivity contribution in [2.24, 2.45) is 5.73 Å². The summed E-state index contributed by atoms with van der Waals surface area (Å²) < 4.78 is 1.51. The molecule has 142 valence electrons. The molecule has 2 amide bonds. The van der Waals surface area contributed by atoms with Crippen LogP contribution in [0.2, 0.25) is 0 Å². The molecule has 0 saturated heterocycles. The molecule has 3 heterocycles. The molecule has 7 heteroatoms. The number of carbonyl (C=O) groups is 2. The first kappa shape index (κ1) is 18.2. The van der Waals surface area contributed by atoms with Gasteiger partial charge in [0.05, 0.1) is 11.4 Å². The molecule has 3 aromatic rings. The van der Waals surface area contributed by atoms with Crippen LogP contribution in [0.4, 0.5) is 0 Å². The van der Waals surface area contributed by atoms with E-state index in [1.807, 2.05) is 41.8 Å². The highest BCUT2D eigenvalue weighted by atomic mass is 32.1. The summed E-state index contributed by atoms with van der Waals surface area (Å²) in [5, 5.41) is 1.87. The summed E-state index contributed by atoms with van der Waals surface area (Å²) in [6.07, 6.45) is 2.19. The molecule has 0 bridgehead atoms. The molecule has 2 aromatic heterocycles. The van der Waals surface area contributed by atoms with Crippen LogP contribution in [-0.2, 0) is 19.5 Å². The lowest BCUT2D eigenvalue weighted by atomic mass is 9.96. The van der Waals surface area contributed by atoms with Gasteiger partial charge in [-0.15, -0.1) is 11.3 Å². The van der Waals surface area contributed by atoms with Crippen molar-refractivity contribution in [3.05, 3.63) is 91.5 Å². The Morgan fingerprint density at radius 3 is 2.57 bits per heavy atom. The number of hydrogen-bond donors (Lipinski definition) is 1. The lowest BCUT2D eigenvalue weighted by molar-refractivity contribution is 0.0739. The fourth-order valence-corrected chi connectivity index (χ4v) is 4.28. The van der Waals surface area contributed by atoms with Gasteiger partial charge in [0.1, 0.15) is 5.56 Å². The standard InChI is InChI=1S/C21H19N3O3S/c22-19(25)18-16-8-9-23(20(26)17-7-4-10-28-17)12-15(16)13-24(21(18)27)11-14-5-2-1-3-6-14/h1-7,10,13H,8-9,11-12H2,(H2,22,25). The number of rotatable bonds is 4. The Labute approximate surface area is 165 Å². The molecule has 6 nitrogen and oxygen atoms in total. The van der Waals surface area contributed by atoms with E-state index in [2.05, 4.69) is 0 Å². The first-order valence-electron chi connectivity index (χ1n) is 8.96. The van der Waals surface area contributed by atoms with Crippen LogP contribution >= 0.6 is 11.3 Å². The van der Waals surface area contributed by atoms with E-state index in [0.717, 1.165) is 11.1 Å². The highest BCUT2D eigenvalue weighted by Gasteiger charge is 2.28. The quantitative estimate of drug-likeness (QED) is 0.738. The maximum atomic E-state index is 12.9. The second-order valence-corrected chi connectivity index (χ2v) is 7.69. The monoisotopic (exact) mass is 393 g/mol. The van der Waals surface area contributed by atoms with E-state index < -0.39 is 5.91 Å². The molecule has 1 aliphatic rings. The number of amides is 2. The number of fused-ring (bicyclic) bond motifs is 1. The summed E-state index contributed by atoms with van der Waals surface area (Å²) in [7, 11) is 0. The van der Waals surface area contributed by atoms with Gasteiger partial charge in [-0.1, -0.05) is 36.4 Å². The third-order valence-corrected chi connectivity index (χ3v) is 5.79. The molecule has 4 rings (SSSR count). The van der Waals surface area contributed by atoms with Gasteiger partial charge < -0.3 is 15.2 Å². The normalized spacial score (nSPS) is 13.2. The van der Waals surface area contributed by atoms with E-state index in [1.165, 1.54) is 15.9 Å². The van der Waals surface area contributed by atoms with Crippen LogP contribution in [0, 0.1) is 0 Å². The van der Waals surface area contributed by atoms with Crippen molar-refractivity contribution in [1.29, 1.82) is 0 Å². The van der Waals surface area contributed by atoms with Crippen molar-refractivity contribution in [3.63, 3.8) is 0 Å². The summed E-state index contributed by atoms with van der Waals surface area (Å²) in [6.45, 7) is 1.14. The fourth-order valence-electron chi connectivity index (χ4n) is 3.59. The number of nitrogens with two attached hydrogens (primary N) is 1. The lowest BCUT2D eigenvalue weighted by Crippen LogP contribution is -2.40. The number of aromatic nitrogens is 1. The number of primary amides is 1. The summed E-state index contributed by atoms with van der Waals surface area (Å²) in [5.41, 5.74) is 7.60. The number of carbonyl (C=O) groups excluding carboxylic acids is 2. The highest BCUT2D eigenvalue weighted by Crippen LogP contribution is 2.23. The average Bonchev–Trinajstić information content (AvgIpc) is 3.23. The number of hydrogen-bond acceptors (Lipinski definition) is 4. The minimum absolute atomic E-state index is 0.0386. The van der Waals surface area contributed by atoms with Crippen LogP contribution in [0.1, 0.15) is 36.7 Å². The molecule has 1 aliphatic heterocycles. The average molecular weight is 393 g/mol. The first-order chi connectivity index (χ1) is 13.5. The molecular weight excluding hydrogens is 374 g/mol. The van der Waals surface area contributed by atoms with E-state index >= 15 is 0 Å². The predicted octanol–water partition coefficient (Wildman–Crippen LogP) is 2.26. The fraction of sp³-hybridized carbons (Fsp3) is 0.190. The zero-order valence-corrected chi connectivity index (χ0v) is 15.9. The largest absolute Gasteiger partial charge is 0.365 e. The zero-order valence-electron chi connectivity index (χ0n) is 15.1. The van der Waals surface area contributed by atoms with Crippen molar-refractivity contribution in [2.75, 3.05) is 6.54 Å². The van der Waals surface area contributed by atoms with Gasteiger partial charge in [0.25, 0.3) is 17.4 Å². The van der Waals surface area contributed by atoms with Crippen LogP contribution in [0.3, 0.4) is 0 Å². The molecular formula is C21H19N3O3S. The van der Waals surface area contributed by atoms with E-state index in [1.54, 1.807) is 17.2 Å². The van der Waals surface area contributed by atoms with Crippen LogP contribution in [-0.4, -0.2) is 27.8 Å². The van der Waals surface area contributed by atoms with Gasteiger partial charge in [-0.05, 0) is 34.6 Å². The van der Waals surface area contributed by atoms with Gasteiger partial charge >= 0.3 is 0 Å². The van der Waals surface area contributed by atoms with Crippen LogP contribution < -0.4 is 11.3 Å². The van der Waals surface area contributed by atoms with Gasteiger partial charge in [0.2, 0.25) is 0 Å². The SMILES string of the molecule is NC(=O)c1c2c(cn(Cc3ccccc3)c1=O)CN(C(=O)c1cccs1)CC2. The van der Waals surface area contributed by atoms with Crippen molar-refractivity contribution < 1.29 is 9.59 Å². The first-order valence-corrected chi connectivity index (χ1v) is 9.84. The Morgan fingerprint density at radius 2 is 1.89 bits per heavy atom. The molecule has 1 aromatic carbocycles. The summed E-state index contributed by atoms with van der Waals surface area (Å²) in [5.74, 6) is -0.760. The second kappa shape index (κ2) is 7.44. The Balaban J connectivity index is 1.73. The van der Waals surface area contributed by atoms with Crippen molar-refractivity contribution >= 4 is 23.2 Å². The summed E-state index contributed by atoms with van der Waals surface area (Å²) in [4.78, 5) is 40.0. The maximum absolute atomic E-state index is 12.9. The molecule has 2 N–H and O–H groups in total. The van der Waals surface area contributed by atoms with Gasteiger partial charge in [-0.2, -0.15) is 0 Å². The predicted molar refractivity (Wildman–Crippen MR) is 108 cm³/mol. The lowest BCUT2D eigenvalue weighted by Gasteiger charge is -2.30. The molecule has 0 atom stereocenters. The van der Waals surface area contributed by atoms with E-state index in [0.29, 0.717) is 36.5 Å². The number of nitrogens with zero attached hydrogens (tertiary/aromatic N) is 2. The van der Waals surface area contributed by atoms with Gasteiger partial charge in [-0.3, -0.25) is 14.4 Å². The molecule has 0 radical (unpaired) electrons. The topological polar surface area (TPSA) is 85.4 Å². The third kappa shape index (κ3) is 3.36. The van der Waals surface area contributed by atoms with E-state index in [9.17, 15) is 14.4 Å². The zero-order chi connectivity index (χ0) is 19.7. The van der Waals surface area contributed by atoms with E-state index in [-0.39, 0.29) is 17.0 Å². The third-order valence-electron chi connectivity index (χ3n) is 4.93. The smallest absolute Gasteiger partial charge is 0.264 e. The van der Waals surface area contributed by atoms with Crippen LogP contribution in [0.5, 0.6) is 0 Å². The number of benzene rings is 1. The minimum Gasteiger partial charge on any atom is -0.365 e. The Bertz CT molecular complexity index is 1090. The van der Waals surface area contributed by atoms with Gasteiger partial charge in [0, 0.05) is 19.3 Å². The second-order valence-electron chi connectivity index (χ2n) is 6.74. The molecule has 0 spiro atoms. The molecule has 28 heavy (non-hydrogen) atoms. The van der Waals surface area contributed by atoms with Crippen molar-refractivity contribution in [2.45, 2.75) is 19.5 Å². The molecule has 0 unspecified atom stereocenters. The molecule has 0 aliphatic carbocycles. The maximum Gasteiger partial charge on any atom is 0.264 e.